The molecule has 18 heavy (non-hydrogen) atoms. The first-order valence-electron chi connectivity index (χ1n) is 4.97. The molecule has 0 aliphatic carbocycles. The number of H-pyrrole nitrogens is 1. The highest BCUT2D eigenvalue weighted by Crippen LogP contribution is 2.35. The van der Waals surface area contributed by atoms with Gasteiger partial charge in [0.05, 0.1) is 17.6 Å². The molecule has 0 amide bonds. The minimum Gasteiger partial charge on any atom is -0.313 e. The highest BCUT2D eigenvalue weighted by Gasteiger charge is 2.34. The Bertz CT molecular complexity index is 634. The predicted octanol–water partition coefficient (Wildman–Crippen LogP) is 2.16. The minimum absolute atomic E-state index is 0.0147. The third kappa shape index (κ3) is 2.11. The van der Waals surface area contributed by atoms with Crippen LogP contribution in [0.2, 0.25) is 0 Å². The first-order chi connectivity index (χ1) is 8.41. The van der Waals surface area contributed by atoms with E-state index >= 15 is 0 Å². The third-order valence-corrected chi connectivity index (χ3v) is 2.47. The summed E-state index contributed by atoms with van der Waals surface area (Å²) in [6.45, 7) is 1.41. The topological polar surface area (TPSA) is 58.6 Å². The van der Waals surface area contributed by atoms with Crippen LogP contribution in [-0.2, 0) is 6.18 Å². The summed E-state index contributed by atoms with van der Waals surface area (Å²) in [5.41, 5.74) is -1.43. The van der Waals surface area contributed by atoms with Gasteiger partial charge in [0.15, 0.2) is 0 Å². The molecular weight excluding hydrogens is 247 g/mol. The number of nitrogens with one attached hydrogen (secondary N) is 1. The van der Waals surface area contributed by atoms with E-state index < -0.39 is 17.3 Å². The van der Waals surface area contributed by atoms with Crippen LogP contribution in [0.5, 0.6) is 0 Å². The molecule has 0 aliphatic heterocycles. The van der Waals surface area contributed by atoms with Crippen molar-refractivity contribution in [3.05, 3.63) is 46.3 Å². The molecular formula is C11H8F3N3O. The summed E-state index contributed by atoms with van der Waals surface area (Å²) in [6.07, 6.45) is -1.35. The molecule has 0 radical (unpaired) electrons. The van der Waals surface area contributed by atoms with E-state index in [4.69, 9.17) is 0 Å². The van der Waals surface area contributed by atoms with Crippen molar-refractivity contribution >= 4 is 0 Å². The molecule has 2 heterocycles. The normalized spacial score (nSPS) is 11.6. The number of halogens is 3. The maximum atomic E-state index is 12.8. The SMILES string of the molecule is Cc1c(-c2cnccc2C(F)(F)F)nc[nH]c1=O. The number of hydrogen-bond acceptors (Lipinski definition) is 3. The summed E-state index contributed by atoms with van der Waals surface area (Å²) in [4.78, 5) is 21.1. The third-order valence-electron chi connectivity index (χ3n) is 2.47. The van der Waals surface area contributed by atoms with E-state index in [1.165, 1.54) is 6.92 Å². The van der Waals surface area contributed by atoms with Crippen LogP contribution in [0.25, 0.3) is 11.3 Å². The second kappa shape index (κ2) is 4.25. The lowest BCUT2D eigenvalue weighted by Gasteiger charge is -2.12. The Morgan fingerprint density at radius 1 is 1.33 bits per heavy atom. The highest BCUT2D eigenvalue weighted by atomic mass is 19.4. The first kappa shape index (κ1) is 12.3. The van der Waals surface area contributed by atoms with Crippen LogP contribution in [0.15, 0.2) is 29.6 Å². The van der Waals surface area contributed by atoms with E-state index in [0.29, 0.717) is 0 Å². The zero-order valence-electron chi connectivity index (χ0n) is 9.25. The van der Waals surface area contributed by atoms with E-state index in [2.05, 4.69) is 15.0 Å². The zero-order chi connectivity index (χ0) is 13.3. The number of aromatic amines is 1. The number of aromatic nitrogens is 3. The number of nitrogens with zero attached hydrogens (tertiary/aromatic N) is 2. The molecule has 7 heteroatoms. The van der Waals surface area contributed by atoms with Crippen molar-refractivity contribution in [1.29, 1.82) is 0 Å². The maximum Gasteiger partial charge on any atom is 0.417 e. The van der Waals surface area contributed by atoms with E-state index in [1.807, 2.05) is 0 Å². The molecule has 0 fully saturated rings. The van der Waals surface area contributed by atoms with Crippen molar-refractivity contribution < 1.29 is 13.2 Å². The fourth-order valence-electron chi connectivity index (χ4n) is 1.57. The molecule has 0 bridgehead atoms. The smallest absolute Gasteiger partial charge is 0.313 e. The van der Waals surface area contributed by atoms with Gasteiger partial charge in [-0.25, -0.2) is 4.98 Å². The van der Waals surface area contributed by atoms with Crippen molar-refractivity contribution in [2.45, 2.75) is 13.1 Å². The lowest BCUT2D eigenvalue weighted by atomic mass is 10.0. The number of pyridine rings is 1. The summed E-state index contributed by atoms with van der Waals surface area (Å²) in [5, 5.41) is 0. The number of hydrogen-bond donors (Lipinski definition) is 1. The first-order valence-corrected chi connectivity index (χ1v) is 4.97. The molecule has 0 aliphatic rings. The van der Waals surface area contributed by atoms with Crippen LogP contribution in [0.1, 0.15) is 11.1 Å². The Labute approximate surface area is 99.5 Å². The van der Waals surface area contributed by atoms with Crippen LogP contribution < -0.4 is 5.56 Å². The zero-order valence-corrected chi connectivity index (χ0v) is 9.25. The predicted molar refractivity (Wildman–Crippen MR) is 57.8 cm³/mol. The van der Waals surface area contributed by atoms with Crippen LogP contribution in [0.3, 0.4) is 0 Å². The van der Waals surface area contributed by atoms with Crippen LogP contribution in [0.4, 0.5) is 13.2 Å². The van der Waals surface area contributed by atoms with Gasteiger partial charge in [0.1, 0.15) is 0 Å². The fraction of sp³-hybridized carbons (Fsp3) is 0.182. The van der Waals surface area contributed by atoms with E-state index in [9.17, 15) is 18.0 Å². The molecule has 1 N–H and O–H groups in total. The van der Waals surface area contributed by atoms with Gasteiger partial charge in [0.2, 0.25) is 0 Å². The molecule has 0 saturated carbocycles. The summed E-state index contributed by atoms with van der Waals surface area (Å²) in [5.74, 6) is 0. The van der Waals surface area contributed by atoms with E-state index in [1.54, 1.807) is 0 Å². The van der Waals surface area contributed by atoms with Crippen LogP contribution >= 0.6 is 0 Å². The summed E-state index contributed by atoms with van der Waals surface area (Å²) in [7, 11) is 0. The van der Waals surface area contributed by atoms with Crippen LogP contribution in [0, 0.1) is 6.92 Å². The number of alkyl halides is 3. The minimum atomic E-state index is -4.52. The Balaban J connectivity index is 2.73. The molecule has 0 unspecified atom stereocenters. The van der Waals surface area contributed by atoms with Gasteiger partial charge in [0, 0.05) is 23.5 Å². The van der Waals surface area contributed by atoms with Crippen molar-refractivity contribution in [3.8, 4) is 11.3 Å². The van der Waals surface area contributed by atoms with E-state index in [0.717, 1.165) is 24.8 Å². The molecule has 0 aromatic carbocycles. The number of rotatable bonds is 1. The van der Waals surface area contributed by atoms with Crippen molar-refractivity contribution in [3.63, 3.8) is 0 Å². The molecule has 2 aromatic heterocycles. The molecule has 0 spiro atoms. The summed E-state index contributed by atoms with van der Waals surface area (Å²) < 4.78 is 38.5. The van der Waals surface area contributed by atoms with Gasteiger partial charge in [-0.15, -0.1) is 0 Å². The molecule has 0 saturated heterocycles. The summed E-state index contributed by atoms with van der Waals surface area (Å²) >= 11 is 0. The molecule has 2 aromatic rings. The lowest BCUT2D eigenvalue weighted by molar-refractivity contribution is -0.137. The molecule has 94 valence electrons. The molecule has 4 nitrogen and oxygen atoms in total. The van der Waals surface area contributed by atoms with Gasteiger partial charge < -0.3 is 4.98 Å². The average Bonchev–Trinajstić information content (AvgIpc) is 2.32. The average molecular weight is 255 g/mol. The van der Waals surface area contributed by atoms with E-state index in [-0.39, 0.29) is 16.8 Å². The van der Waals surface area contributed by atoms with Gasteiger partial charge in [0.25, 0.3) is 5.56 Å². The van der Waals surface area contributed by atoms with Gasteiger partial charge >= 0.3 is 6.18 Å². The van der Waals surface area contributed by atoms with Crippen molar-refractivity contribution in [1.82, 2.24) is 15.0 Å². The van der Waals surface area contributed by atoms with Gasteiger partial charge in [-0.05, 0) is 13.0 Å². The summed E-state index contributed by atoms with van der Waals surface area (Å²) in [6, 6.07) is 0.859. The largest absolute Gasteiger partial charge is 0.417 e. The van der Waals surface area contributed by atoms with Crippen molar-refractivity contribution in [2.24, 2.45) is 0 Å². The Morgan fingerprint density at radius 2 is 2.06 bits per heavy atom. The Kier molecular flexibility index (Phi) is 2.90. The van der Waals surface area contributed by atoms with Gasteiger partial charge in [-0.2, -0.15) is 13.2 Å². The molecule has 2 rings (SSSR count). The maximum absolute atomic E-state index is 12.8. The van der Waals surface area contributed by atoms with Crippen molar-refractivity contribution in [2.75, 3.05) is 0 Å². The Hall–Kier alpha value is -2.18. The van der Waals surface area contributed by atoms with Crippen LogP contribution in [-0.4, -0.2) is 15.0 Å². The Morgan fingerprint density at radius 3 is 2.72 bits per heavy atom. The highest BCUT2D eigenvalue weighted by molar-refractivity contribution is 5.65. The monoisotopic (exact) mass is 255 g/mol. The fourth-order valence-corrected chi connectivity index (χ4v) is 1.57. The molecule has 0 atom stereocenters. The van der Waals surface area contributed by atoms with Gasteiger partial charge in [-0.3, -0.25) is 9.78 Å². The second-order valence-electron chi connectivity index (χ2n) is 3.62. The standard InChI is InChI=1S/C11H8F3N3O/c1-6-9(16-5-17-10(6)18)7-4-15-3-2-8(7)11(12,13)14/h2-5H,1H3,(H,16,17,18). The van der Waals surface area contributed by atoms with Gasteiger partial charge in [-0.1, -0.05) is 0 Å². The second-order valence-corrected chi connectivity index (χ2v) is 3.62. The quantitative estimate of drug-likeness (QED) is 0.849. The lowest BCUT2D eigenvalue weighted by Crippen LogP contribution is -2.14.